The van der Waals surface area contributed by atoms with Crippen LogP contribution in [0, 0.1) is 11.8 Å². The van der Waals surface area contributed by atoms with Crippen LogP contribution in [-0.4, -0.2) is 37.5 Å². The summed E-state index contributed by atoms with van der Waals surface area (Å²) in [4.78, 5) is 22.9. The standard InChI is InChI=1S/C13H27N3O2/c1-9(2)6-15-12(17)7-14-8-13(18)16-11(5)10(3)4/h9-11,14H,6-8H2,1-5H3,(H,15,17)(H,16,18). The zero-order valence-electron chi connectivity index (χ0n) is 12.2. The van der Waals surface area contributed by atoms with Crippen molar-refractivity contribution in [1.29, 1.82) is 0 Å². The molecule has 0 aromatic heterocycles. The van der Waals surface area contributed by atoms with E-state index < -0.39 is 0 Å². The molecular weight excluding hydrogens is 230 g/mol. The summed E-state index contributed by atoms with van der Waals surface area (Å²) in [5.74, 6) is 0.689. The molecule has 0 aliphatic heterocycles. The molecule has 1 unspecified atom stereocenters. The minimum Gasteiger partial charge on any atom is -0.355 e. The number of nitrogens with one attached hydrogen (secondary N) is 3. The second-order valence-corrected chi connectivity index (χ2v) is 5.40. The van der Waals surface area contributed by atoms with Crippen LogP contribution in [-0.2, 0) is 9.59 Å². The molecule has 0 saturated heterocycles. The summed E-state index contributed by atoms with van der Waals surface area (Å²) in [6.45, 7) is 11.2. The molecule has 0 aromatic rings. The Hall–Kier alpha value is -1.10. The number of rotatable bonds is 8. The SMILES string of the molecule is CC(C)CNC(=O)CNCC(=O)NC(C)C(C)C. The van der Waals surface area contributed by atoms with Gasteiger partial charge in [0, 0.05) is 12.6 Å². The maximum absolute atomic E-state index is 11.5. The summed E-state index contributed by atoms with van der Waals surface area (Å²) in [6.07, 6.45) is 0. The van der Waals surface area contributed by atoms with E-state index >= 15 is 0 Å². The molecular formula is C13H27N3O2. The van der Waals surface area contributed by atoms with Crippen LogP contribution < -0.4 is 16.0 Å². The molecule has 0 fully saturated rings. The van der Waals surface area contributed by atoms with Crippen LogP contribution >= 0.6 is 0 Å². The van der Waals surface area contributed by atoms with Crippen molar-refractivity contribution in [2.45, 2.75) is 40.7 Å². The second-order valence-electron chi connectivity index (χ2n) is 5.40. The predicted molar refractivity (Wildman–Crippen MR) is 73.2 cm³/mol. The summed E-state index contributed by atoms with van der Waals surface area (Å²) in [7, 11) is 0. The Bertz CT molecular complexity index is 265. The summed E-state index contributed by atoms with van der Waals surface area (Å²) < 4.78 is 0. The van der Waals surface area contributed by atoms with Gasteiger partial charge in [0.25, 0.3) is 0 Å². The highest BCUT2D eigenvalue weighted by Gasteiger charge is 2.10. The van der Waals surface area contributed by atoms with Gasteiger partial charge in [0.15, 0.2) is 0 Å². The highest BCUT2D eigenvalue weighted by atomic mass is 16.2. The van der Waals surface area contributed by atoms with Crippen molar-refractivity contribution in [3.8, 4) is 0 Å². The Kier molecular flexibility index (Phi) is 8.37. The molecule has 2 amide bonds. The topological polar surface area (TPSA) is 70.2 Å². The third-order valence-electron chi connectivity index (χ3n) is 2.67. The van der Waals surface area contributed by atoms with Crippen LogP contribution in [0.15, 0.2) is 0 Å². The second kappa shape index (κ2) is 8.91. The molecule has 0 radical (unpaired) electrons. The summed E-state index contributed by atoms with van der Waals surface area (Å²) >= 11 is 0. The van der Waals surface area contributed by atoms with Gasteiger partial charge in [-0.2, -0.15) is 0 Å². The fourth-order valence-corrected chi connectivity index (χ4v) is 1.14. The van der Waals surface area contributed by atoms with E-state index in [1.54, 1.807) is 0 Å². The average Bonchev–Trinajstić information content (AvgIpc) is 2.26. The van der Waals surface area contributed by atoms with Gasteiger partial charge in [-0.05, 0) is 18.8 Å². The lowest BCUT2D eigenvalue weighted by Crippen LogP contribution is -2.44. The predicted octanol–water partition coefficient (Wildman–Crippen LogP) is 0.509. The van der Waals surface area contributed by atoms with Crippen molar-refractivity contribution in [3.05, 3.63) is 0 Å². The first-order valence-electron chi connectivity index (χ1n) is 6.59. The quantitative estimate of drug-likeness (QED) is 0.593. The van der Waals surface area contributed by atoms with E-state index in [-0.39, 0.29) is 30.9 Å². The van der Waals surface area contributed by atoms with Crippen LogP contribution in [0.1, 0.15) is 34.6 Å². The van der Waals surface area contributed by atoms with E-state index in [1.807, 2.05) is 20.8 Å². The van der Waals surface area contributed by atoms with Crippen LogP contribution in [0.25, 0.3) is 0 Å². The lowest BCUT2D eigenvalue weighted by molar-refractivity contribution is -0.121. The normalized spacial score (nSPS) is 12.6. The van der Waals surface area contributed by atoms with E-state index in [0.29, 0.717) is 18.4 Å². The summed E-state index contributed by atoms with van der Waals surface area (Å²) in [5, 5.41) is 8.48. The molecule has 106 valence electrons. The molecule has 0 bridgehead atoms. The minimum absolute atomic E-state index is 0.0755. The van der Waals surface area contributed by atoms with Gasteiger partial charge in [-0.1, -0.05) is 27.7 Å². The van der Waals surface area contributed by atoms with Gasteiger partial charge in [-0.15, -0.1) is 0 Å². The molecule has 0 aliphatic carbocycles. The van der Waals surface area contributed by atoms with Crippen molar-refractivity contribution >= 4 is 11.8 Å². The van der Waals surface area contributed by atoms with Gasteiger partial charge < -0.3 is 10.6 Å². The Balaban J connectivity index is 3.65. The van der Waals surface area contributed by atoms with E-state index in [1.165, 1.54) is 0 Å². The van der Waals surface area contributed by atoms with Gasteiger partial charge in [0.1, 0.15) is 0 Å². The third-order valence-corrected chi connectivity index (χ3v) is 2.67. The molecule has 0 saturated carbocycles. The summed E-state index contributed by atoms with van der Waals surface area (Å²) in [6, 6.07) is 0.147. The van der Waals surface area contributed by atoms with E-state index in [2.05, 4.69) is 29.8 Å². The van der Waals surface area contributed by atoms with Crippen molar-refractivity contribution in [2.24, 2.45) is 11.8 Å². The summed E-state index contributed by atoms with van der Waals surface area (Å²) in [5.41, 5.74) is 0. The molecule has 0 spiro atoms. The highest BCUT2D eigenvalue weighted by Crippen LogP contribution is 1.98. The first kappa shape index (κ1) is 16.9. The lowest BCUT2D eigenvalue weighted by atomic mass is 10.1. The number of carbonyl (C=O) groups is 2. The fourth-order valence-electron chi connectivity index (χ4n) is 1.14. The molecule has 0 rings (SSSR count). The molecule has 1 atom stereocenters. The molecule has 0 aliphatic rings. The Labute approximate surface area is 110 Å². The maximum Gasteiger partial charge on any atom is 0.234 e. The van der Waals surface area contributed by atoms with Crippen LogP contribution in [0.4, 0.5) is 0 Å². The number of hydrogen-bond donors (Lipinski definition) is 3. The largest absolute Gasteiger partial charge is 0.355 e. The van der Waals surface area contributed by atoms with Gasteiger partial charge in [-0.25, -0.2) is 0 Å². The Morgan fingerprint density at radius 2 is 1.50 bits per heavy atom. The first-order valence-corrected chi connectivity index (χ1v) is 6.59. The Morgan fingerprint density at radius 3 is 2.00 bits per heavy atom. The third kappa shape index (κ3) is 8.98. The average molecular weight is 257 g/mol. The van der Waals surface area contributed by atoms with Crippen molar-refractivity contribution in [2.75, 3.05) is 19.6 Å². The molecule has 18 heavy (non-hydrogen) atoms. The van der Waals surface area contributed by atoms with E-state index in [0.717, 1.165) is 0 Å². The van der Waals surface area contributed by atoms with E-state index in [4.69, 9.17) is 0 Å². The lowest BCUT2D eigenvalue weighted by Gasteiger charge is -2.17. The van der Waals surface area contributed by atoms with Gasteiger partial charge in [0.2, 0.25) is 11.8 Å². The van der Waals surface area contributed by atoms with Gasteiger partial charge in [-0.3, -0.25) is 14.9 Å². The number of hydrogen-bond acceptors (Lipinski definition) is 3. The first-order chi connectivity index (χ1) is 8.32. The van der Waals surface area contributed by atoms with Crippen LogP contribution in [0.5, 0.6) is 0 Å². The Morgan fingerprint density at radius 1 is 0.944 bits per heavy atom. The van der Waals surface area contributed by atoms with Crippen LogP contribution in [0.2, 0.25) is 0 Å². The van der Waals surface area contributed by atoms with E-state index in [9.17, 15) is 9.59 Å². The minimum atomic E-state index is -0.0761. The molecule has 5 heteroatoms. The zero-order valence-corrected chi connectivity index (χ0v) is 12.2. The fraction of sp³-hybridized carbons (Fsp3) is 0.846. The highest BCUT2D eigenvalue weighted by molar-refractivity contribution is 5.81. The molecule has 0 aromatic carbocycles. The number of carbonyl (C=O) groups excluding carboxylic acids is 2. The number of amides is 2. The molecule has 0 heterocycles. The smallest absolute Gasteiger partial charge is 0.234 e. The van der Waals surface area contributed by atoms with Crippen molar-refractivity contribution in [3.63, 3.8) is 0 Å². The van der Waals surface area contributed by atoms with Crippen molar-refractivity contribution in [1.82, 2.24) is 16.0 Å². The monoisotopic (exact) mass is 257 g/mol. The molecule has 3 N–H and O–H groups in total. The van der Waals surface area contributed by atoms with Gasteiger partial charge in [0.05, 0.1) is 13.1 Å². The maximum atomic E-state index is 11.5. The van der Waals surface area contributed by atoms with Crippen molar-refractivity contribution < 1.29 is 9.59 Å². The molecule has 5 nitrogen and oxygen atoms in total. The van der Waals surface area contributed by atoms with Gasteiger partial charge >= 0.3 is 0 Å². The zero-order chi connectivity index (χ0) is 14.1. The van der Waals surface area contributed by atoms with Crippen LogP contribution in [0.3, 0.4) is 0 Å².